The summed E-state index contributed by atoms with van der Waals surface area (Å²) in [6, 6.07) is 7.23. The highest BCUT2D eigenvalue weighted by Gasteiger charge is 2.45. The van der Waals surface area contributed by atoms with Gasteiger partial charge in [-0.15, -0.1) is 0 Å². The molecule has 0 aromatic heterocycles. The fourth-order valence-electron chi connectivity index (χ4n) is 3.66. The number of nitrogens with zero attached hydrogens (tertiary/aromatic N) is 3. The Balaban J connectivity index is 1.74. The Bertz CT molecular complexity index is 761. The fourth-order valence-corrected chi connectivity index (χ4v) is 3.66. The third-order valence-electron chi connectivity index (χ3n) is 5.07. The molecule has 3 rings (SSSR count). The third kappa shape index (κ3) is 3.09. The minimum absolute atomic E-state index is 0.0808. The zero-order valence-electron chi connectivity index (χ0n) is 15.1. The molecule has 0 saturated carbocycles. The molecule has 0 spiro atoms. The summed E-state index contributed by atoms with van der Waals surface area (Å²) >= 11 is 0. The Morgan fingerprint density at radius 3 is 2.58 bits per heavy atom. The van der Waals surface area contributed by atoms with E-state index in [0.29, 0.717) is 6.42 Å². The number of aryl methyl sites for hydroxylation is 1. The van der Waals surface area contributed by atoms with Crippen molar-refractivity contribution in [2.24, 2.45) is 0 Å². The molecule has 1 heterocycles. The highest BCUT2D eigenvalue weighted by Crippen LogP contribution is 2.33. The topological polar surface area (TPSA) is 78.0 Å². The predicted octanol–water partition coefficient (Wildman–Crippen LogP) is 1.72. The second-order valence-electron chi connectivity index (χ2n) is 6.74. The van der Waals surface area contributed by atoms with Gasteiger partial charge in [0.2, 0.25) is 5.91 Å². The number of hydrogen-bond donors (Lipinski definition) is 0. The van der Waals surface area contributed by atoms with Crippen molar-refractivity contribution in [1.82, 2.24) is 14.7 Å². The van der Waals surface area contributed by atoms with Crippen molar-refractivity contribution in [2.75, 3.05) is 20.1 Å². The first-order valence-corrected chi connectivity index (χ1v) is 8.96. The van der Waals surface area contributed by atoms with Crippen molar-refractivity contribution in [3.8, 4) is 0 Å². The third-order valence-corrected chi connectivity index (χ3v) is 5.07. The van der Waals surface area contributed by atoms with Crippen molar-refractivity contribution in [3.05, 3.63) is 35.4 Å². The number of hydrogen-bond acceptors (Lipinski definition) is 4. The second kappa shape index (κ2) is 7.27. The molecule has 7 heteroatoms. The summed E-state index contributed by atoms with van der Waals surface area (Å²) < 4.78 is 0. The van der Waals surface area contributed by atoms with E-state index in [1.807, 2.05) is 25.1 Å². The lowest BCUT2D eigenvalue weighted by Gasteiger charge is -2.34. The van der Waals surface area contributed by atoms with E-state index in [1.165, 1.54) is 5.56 Å². The normalized spacial score (nSPS) is 19.8. The summed E-state index contributed by atoms with van der Waals surface area (Å²) in [7, 11) is 1.69. The molecule has 1 atom stereocenters. The number of rotatable bonds is 5. The van der Waals surface area contributed by atoms with Crippen LogP contribution in [-0.4, -0.2) is 58.6 Å². The monoisotopic (exact) mass is 357 g/mol. The maximum atomic E-state index is 12.7. The molecule has 26 heavy (non-hydrogen) atoms. The summed E-state index contributed by atoms with van der Waals surface area (Å²) in [5.41, 5.74) is 2.33. The second-order valence-corrected chi connectivity index (χ2v) is 6.74. The van der Waals surface area contributed by atoms with Gasteiger partial charge in [-0.3, -0.25) is 19.3 Å². The van der Waals surface area contributed by atoms with Gasteiger partial charge in [-0.1, -0.05) is 31.2 Å². The lowest BCUT2D eigenvalue weighted by atomic mass is 9.87. The number of carbonyl (C=O) groups is 4. The molecule has 1 aliphatic carbocycles. The van der Waals surface area contributed by atoms with Gasteiger partial charge < -0.3 is 4.90 Å². The van der Waals surface area contributed by atoms with E-state index in [4.69, 9.17) is 0 Å². The molecular formula is C19H23N3O4. The molecule has 1 saturated heterocycles. The summed E-state index contributed by atoms with van der Waals surface area (Å²) in [4.78, 5) is 52.3. The maximum absolute atomic E-state index is 12.7. The van der Waals surface area contributed by atoms with Gasteiger partial charge in [0, 0.05) is 13.6 Å². The van der Waals surface area contributed by atoms with Crippen LogP contribution in [0.4, 0.5) is 4.79 Å². The lowest BCUT2D eigenvalue weighted by molar-refractivity contribution is -0.145. The number of imide groups is 2. The summed E-state index contributed by atoms with van der Waals surface area (Å²) in [6.07, 6.45) is 3.36. The van der Waals surface area contributed by atoms with E-state index < -0.39 is 24.4 Å². The maximum Gasteiger partial charge on any atom is 0.334 e. The first-order chi connectivity index (χ1) is 12.5. The van der Waals surface area contributed by atoms with Gasteiger partial charge in [-0.25, -0.2) is 9.69 Å². The van der Waals surface area contributed by atoms with E-state index in [-0.39, 0.29) is 18.5 Å². The Hall–Kier alpha value is -2.70. The number of fused-ring (bicyclic) bond motifs is 1. The molecule has 5 amide bonds. The molecule has 1 aromatic carbocycles. The van der Waals surface area contributed by atoms with Gasteiger partial charge in [0.15, 0.2) is 0 Å². The van der Waals surface area contributed by atoms with Crippen LogP contribution in [0.25, 0.3) is 0 Å². The van der Waals surface area contributed by atoms with Gasteiger partial charge in [0.25, 0.3) is 0 Å². The van der Waals surface area contributed by atoms with Crippen LogP contribution in [0.2, 0.25) is 0 Å². The van der Waals surface area contributed by atoms with Gasteiger partial charge in [-0.2, -0.15) is 0 Å². The largest absolute Gasteiger partial charge is 0.337 e. The smallest absolute Gasteiger partial charge is 0.334 e. The Morgan fingerprint density at radius 1 is 1.15 bits per heavy atom. The SMILES string of the molecule is CCCN1C(=O)C(=O)N(CC(=O)N(C)[C@H]2CCCc3ccccc32)C1=O. The highest BCUT2D eigenvalue weighted by molar-refractivity contribution is 6.45. The van der Waals surface area contributed by atoms with Crippen LogP contribution in [-0.2, 0) is 20.8 Å². The average molecular weight is 357 g/mol. The Kier molecular flexibility index (Phi) is 5.06. The van der Waals surface area contributed by atoms with Crippen LogP contribution in [0.1, 0.15) is 43.4 Å². The van der Waals surface area contributed by atoms with Crippen LogP contribution >= 0.6 is 0 Å². The summed E-state index contributed by atoms with van der Waals surface area (Å²) in [5.74, 6) is -2.12. The number of benzene rings is 1. The molecule has 138 valence electrons. The van der Waals surface area contributed by atoms with E-state index in [0.717, 1.165) is 34.6 Å². The summed E-state index contributed by atoms with van der Waals surface area (Å²) in [5, 5.41) is 0. The van der Waals surface area contributed by atoms with E-state index in [1.54, 1.807) is 11.9 Å². The van der Waals surface area contributed by atoms with Crippen LogP contribution < -0.4 is 0 Å². The number of carbonyl (C=O) groups excluding carboxylic acids is 4. The van der Waals surface area contributed by atoms with Crippen molar-refractivity contribution in [2.45, 2.75) is 38.6 Å². The quantitative estimate of drug-likeness (QED) is 0.594. The highest BCUT2D eigenvalue weighted by atomic mass is 16.2. The minimum Gasteiger partial charge on any atom is -0.337 e. The van der Waals surface area contributed by atoms with Crippen molar-refractivity contribution < 1.29 is 19.2 Å². The van der Waals surface area contributed by atoms with Crippen LogP contribution in [0.5, 0.6) is 0 Å². The van der Waals surface area contributed by atoms with Gasteiger partial charge in [0.05, 0.1) is 6.04 Å². The van der Waals surface area contributed by atoms with Gasteiger partial charge in [-0.05, 0) is 36.8 Å². The first kappa shape index (κ1) is 18.1. The minimum atomic E-state index is -0.922. The average Bonchev–Trinajstić information content (AvgIpc) is 2.85. The van der Waals surface area contributed by atoms with Crippen molar-refractivity contribution in [3.63, 3.8) is 0 Å². The van der Waals surface area contributed by atoms with Gasteiger partial charge in [0.1, 0.15) is 6.54 Å². The van der Waals surface area contributed by atoms with Crippen LogP contribution in [0.3, 0.4) is 0 Å². The van der Waals surface area contributed by atoms with Crippen molar-refractivity contribution >= 4 is 23.8 Å². The molecule has 1 fully saturated rings. The molecule has 0 radical (unpaired) electrons. The van der Waals surface area contributed by atoms with Crippen LogP contribution in [0, 0.1) is 0 Å². The predicted molar refractivity (Wildman–Crippen MR) is 94.0 cm³/mol. The molecule has 0 unspecified atom stereocenters. The first-order valence-electron chi connectivity index (χ1n) is 8.96. The molecule has 7 nitrogen and oxygen atoms in total. The van der Waals surface area contributed by atoms with Crippen molar-refractivity contribution in [1.29, 1.82) is 0 Å². The van der Waals surface area contributed by atoms with Crippen LogP contribution in [0.15, 0.2) is 24.3 Å². The zero-order chi connectivity index (χ0) is 18.8. The molecule has 0 N–H and O–H groups in total. The molecule has 0 bridgehead atoms. The zero-order valence-corrected chi connectivity index (χ0v) is 15.1. The number of amides is 5. The van der Waals surface area contributed by atoms with E-state index in [2.05, 4.69) is 6.07 Å². The Labute approximate surface area is 152 Å². The standard InChI is InChI=1S/C19H23N3O4/c1-3-11-21-17(24)18(25)22(19(21)26)12-16(23)20(2)15-10-6-8-13-7-4-5-9-14(13)15/h4-5,7,9,15H,3,6,8,10-12H2,1-2H3/t15-/m0/s1. The van der Waals surface area contributed by atoms with E-state index >= 15 is 0 Å². The van der Waals surface area contributed by atoms with E-state index in [9.17, 15) is 19.2 Å². The summed E-state index contributed by atoms with van der Waals surface area (Å²) in [6.45, 7) is 1.59. The number of urea groups is 1. The molecule has 1 aliphatic heterocycles. The lowest BCUT2D eigenvalue weighted by Crippen LogP contribution is -2.43. The number of likely N-dealkylation sites (N-methyl/N-ethyl adjacent to an activating group) is 1. The van der Waals surface area contributed by atoms with Gasteiger partial charge >= 0.3 is 17.8 Å². The Morgan fingerprint density at radius 2 is 1.85 bits per heavy atom. The molecular weight excluding hydrogens is 334 g/mol. The molecule has 1 aromatic rings. The molecule has 2 aliphatic rings. The fraction of sp³-hybridized carbons (Fsp3) is 0.474.